The van der Waals surface area contributed by atoms with Crippen molar-refractivity contribution in [2.75, 3.05) is 19.6 Å². The molecule has 0 radical (unpaired) electrons. The van der Waals surface area contributed by atoms with Crippen molar-refractivity contribution in [2.24, 2.45) is 0 Å². The van der Waals surface area contributed by atoms with Gasteiger partial charge < -0.3 is 5.32 Å². The SMILES string of the molecule is Cl.Cl.O=c1[nH]c([C@H]2CNCCN2C(c2ccccc2)c2ccccc2)no1. The second kappa shape index (κ2) is 9.71. The zero-order valence-corrected chi connectivity index (χ0v) is 16.2. The number of H-pyrrole nitrogens is 1. The van der Waals surface area contributed by atoms with Gasteiger partial charge in [-0.05, 0) is 11.1 Å². The van der Waals surface area contributed by atoms with Gasteiger partial charge in [0.05, 0.1) is 12.1 Å². The Bertz CT molecular complexity index is 830. The third kappa shape index (κ3) is 4.59. The van der Waals surface area contributed by atoms with Crippen LogP contribution >= 0.6 is 24.8 Å². The smallest absolute Gasteiger partial charge is 0.313 e. The molecular formula is C19H22Cl2N4O2. The molecule has 27 heavy (non-hydrogen) atoms. The molecule has 6 nitrogen and oxygen atoms in total. The summed E-state index contributed by atoms with van der Waals surface area (Å²) in [4.78, 5) is 16.5. The van der Waals surface area contributed by atoms with E-state index >= 15 is 0 Å². The van der Waals surface area contributed by atoms with E-state index in [1.54, 1.807) is 0 Å². The van der Waals surface area contributed by atoms with Crippen molar-refractivity contribution in [3.8, 4) is 0 Å². The van der Waals surface area contributed by atoms with Crippen LogP contribution in [0, 0.1) is 0 Å². The zero-order valence-electron chi connectivity index (χ0n) is 14.6. The monoisotopic (exact) mass is 408 g/mol. The molecule has 0 aliphatic carbocycles. The molecule has 144 valence electrons. The molecule has 1 aliphatic rings. The minimum Gasteiger partial charge on any atom is -0.313 e. The maximum absolute atomic E-state index is 11.4. The van der Waals surface area contributed by atoms with Gasteiger partial charge in [-0.3, -0.25) is 14.4 Å². The highest BCUT2D eigenvalue weighted by Crippen LogP contribution is 2.35. The number of nitrogens with zero attached hydrogens (tertiary/aromatic N) is 2. The molecule has 0 bridgehead atoms. The molecule has 1 atom stereocenters. The minimum atomic E-state index is -0.517. The number of aromatic nitrogens is 2. The van der Waals surface area contributed by atoms with Gasteiger partial charge in [-0.1, -0.05) is 65.8 Å². The third-order valence-corrected chi connectivity index (χ3v) is 4.62. The highest BCUT2D eigenvalue weighted by molar-refractivity contribution is 5.85. The van der Waals surface area contributed by atoms with Crippen LogP contribution < -0.4 is 11.1 Å². The standard InChI is InChI=1S/C19H20N4O2.2ClH/c24-19-21-18(22-25-19)16-13-20-11-12-23(16)17(14-7-3-1-4-8-14)15-9-5-2-6-10-15;;/h1-10,16-17,20H,11-13H2,(H,21,22,24);2*1H/t16-;;/m1../s1. The highest BCUT2D eigenvalue weighted by Gasteiger charge is 2.33. The number of piperazine rings is 1. The van der Waals surface area contributed by atoms with Crippen molar-refractivity contribution in [3.05, 3.63) is 88.2 Å². The van der Waals surface area contributed by atoms with Crippen molar-refractivity contribution in [1.82, 2.24) is 20.4 Å². The average molecular weight is 409 g/mol. The summed E-state index contributed by atoms with van der Waals surface area (Å²) in [5, 5.41) is 7.32. The Morgan fingerprint density at radius 1 is 1.00 bits per heavy atom. The fourth-order valence-electron chi connectivity index (χ4n) is 3.51. The first-order chi connectivity index (χ1) is 12.3. The number of hydrogen-bond acceptors (Lipinski definition) is 5. The van der Waals surface area contributed by atoms with Gasteiger partial charge >= 0.3 is 5.76 Å². The molecule has 8 heteroatoms. The van der Waals surface area contributed by atoms with Crippen LogP contribution in [0.5, 0.6) is 0 Å². The molecule has 4 rings (SSSR count). The Hall–Kier alpha value is -2.12. The Balaban J connectivity index is 0.00000131. The second-order valence-corrected chi connectivity index (χ2v) is 6.16. The van der Waals surface area contributed by atoms with Crippen LogP contribution in [0.2, 0.25) is 0 Å². The van der Waals surface area contributed by atoms with Crippen molar-refractivity contribution >= 4 is 24.8 Å². The van der Waals surface area contributed by atoms with Crippen LogP contribution in [-0.4, -0.2) is 34.7 Å². The molecule has 2 N–H and O–H groups in total. The zero-order chi connectivity index (χ0) is 17.1. The average Bonchev–Trinajstić information content (AvgIpc) is 3.10. The van der Waals surface area contributed by atoms with Gasteiger partial charge in [-0.2, -0.15) is 0 Å². The lowest BCUT2D eigenvalue weighted by Crippen LogP contribution is -2.48. The molecule has 2 heterocycles. The Kier molecular flexibility index (Phi) is 7.62. The fourth-order valence-corrected chi connectivity index (χ4v) is 3.51. The van der Waals surface area contributed by atoms with Crippen LogP contribution in [0.25, 0.3) is 0 Å². The molecule has 1 fully saturated rings. The number of nitrogens with one attached hydrogen (secondary N) is 2. The Labute approximate surface area is 169 Å². The van der Waals surface area contributed by atoms with Crippen LogP contribution in [0.15, 0.2) is 70.0 Å². The lowest BCUT2D eigenvalue weighted by Gasteiger charge is -2.40. The number of aromatic amines is 1. The van der Waals surface area contributed by atoms with E-state index in [0.29, 0.717) is 12.4 Å². The molecule has 0 spiro atoms. The van der Waals surface area contributed by atoms with Gasteiger partial charge in [0.15, 0.2) is 5.82 Å². The molecule has 2 aromatic carbocycles. The largest absolute Gasteiger partial charge is 0.438 e. The van der Waals surface area contributed by atoms with E-state index < -0.39 is 5.76 Å². The number of hydrogen-bond donors (Lipinski definition) is 2. The summed E-state index contributed by atoms with van der Waals surface area (Å²) in [6.07, 6.45) is 0. The van der Waals surface area contributed by atoms with E-state index in [1.807, 2.05) is 12.1 Å². The molecule has 0 amide bonds. The van der Waals surface area contributed by atoms with Gasteiger partial charge in [0.2, 0.25) is 0 Å². The first-order valence-corrected chi connectivity index (χ1v) is 8.45. The maximum Gasteiger partial charge on any atom is 0.438 e. The summed E-state index contributed by atoms with van der Waals surface area (Å²) in [7, 11) is 0. The lowest BCUT2D eigenvalue weighted by molar-refractivity contribution is 0.117. The van der Waals surface area contributed by atoms with Crippen molar-refractivity contribution in [1.29, 1.82) is 0 Å². The summed E-state index contributed by atoms with van der Waals surface area (Å²) in [5.41, 5.74) is 2.43. The van der Waals surface area contributed by atoms with E-state index in [2.05, 4.69) is 68.9 Å². The first-order valence-electron chi connectivity index (χ1n) is 8.45. The number of halogens is 2. The molecular weight excluding hydrogens is 387 g/mol. The van der Waals surface area contributed by atoms with Gasteiger partial charge in [-0.25, -0.2) is 4.79 Å². The maximum atomic E-state index is 11.4. The summed E-state index contributed by atoms with van der Waals surface area (Å²) >= 11 is 0. The fraction of sp³-hybridized carbons (Fsp3) is 0.263. The topological polar surface area (TPSA) is 74.2 Å². The molecule has 0 saturated carbocycles. The lowest BCUT2D eigenvalue weighted by atomic mass is 9.94. The first kappa shape index (κ1) is 21.2. The Morgan fingerprint density at radius 2 is 1.59 bits per heavy atom. The number of rotatable bonds is 4. The minimum absolute atomic E-state index is 0. The Morgan fingerprint density at radius 3 is 2.11 bits per heavy atom. The van der Waals surface area contributed by atoms with Gasteiger partial charge in [-0.15, -0.1) is 24.8 Å². The predicted octanol–water partition coefficient (Wildman–Crippen LogP) is 2.94. The van der Waals surface area contributed by atoms with E-state index in [1.165, 1.54) is 11.1 Å². The molecule has 0 unspecified atom stereocenters. The predicted molar refractivity (Wildman–Crippen MR) is 109 cm³/mol. The third-order valence-electron chi connectivity index (χ3n) is 4.62. The summed E-state index contributed by atoms with van der Waals surface area (Å²) in [6.45, 7) is 2.43. The van der Waals surface area contributed by atoms with Gasteiger partial charge in [0.1, 0.15) is 0 Å². The molecule has 1 aromatic heterocycles. The summed E-state index contributed by atoms with van der Waals surface area (Å²) < 4.78 is 4.74. The highest BCUT2D eigenvalue weighted by atomic mass is 35.5. The quantitative estimate of drug-likeness (QED) is 0.693. The molecule has 3 aromatic rings. The normalized spacial score (nSPS) is 17.1. The van der Waals surface area contributed by atoms with E-state index in [0.717, 1.165) is 13.1 Å². The van der Waals surface area contributed by atoms with Crippen molar-refractivity contribution in [3.63, 3.8) is 0 Å². The summed E-state index contributed by atoms with van der Waals surface area (Å²) in [6, 6.07) is 20.9. The van der Waals surface area contributed by atoms with Crippen LogP contribution in [0.3, 0.4) is 0 Å². The van der Waals surface area contributed by atoms with E-state index in [-0.39, 0.29) is 36.9 Å². The number of benzene rings is 2. The second-order valence-electron chi connectivity index (χ2n) is 6.16. The molecule has 1 aliphatic heterocycles. The van der Waals surface area contributed by atoms with E-state index in [4.69, 9.17) is 4.52 Å². The van der Waals surface area contributed by atoms with Crippen molar-refractivity contribution in [2.45, 2.75) is 12.1 Å². The van der Waals surface area contributed by atoms with E-state index in [9.17, 15) is 4.79 Å². The van der Waals surface area contributed by atoms with Gasteiger partial charge in [0.25, 0.3) is 0 Å². The summed E-state index contributed by atoms with van der Waals surface area (Å²) in [5.74, 6) is 0.0468. The van der Waals surface area contributed by atoms with Crippen LogP contribution in [-0.2, 0) is 0 Å². The van der Waals surface area contributed by atoms with Crippen LogP contribution in [0.4, 0.5) is 0 Å². The molecule has 1 saturated heterocycles. The van der Waals surface area contributed by atoms with Crippen LogP contribution in [0.1, 0.15) is 29.0 Å². The van der Waals surface area contributed by atoms with Crippen molar-refractivity contribution < 1.29 is 4.52 Å². The van der Waals surface area contributed by atoms with Gasteiger partial charge in [0, 0.05) is 19.6 Å².